The van der Waals surface area contributed by atoms with Gasteiger partial charge in [0.25, 0.3) is 0 Å². The Morgan fingerprint density at radius 3 is 2.50 bits per heavy atom. The fourth-order valence-corrected chi connectivity index (χ4v) is 2.33. The van der Waals surface area contributed by atoms with Crippen molar-refractivity contribution in [1.29, 1.82) is 0 Å². The maximum Gasteiger partial charge on any atom is 0.115 e. The Labute approximate surface area is 108 Å². The highest BCUT2D eigenvalue weighted by Gasteiger charge is 2.19. The number of piperidine rings is 1. The van der Waals surface area contributed by atoms with E-state index >= 15 is 0 Å². The van der Waals surface area contributed by atoms with Gasteiger partial charge >= 0.3 is 0 Å². The van der Waals surface area contributed by atoms with Gasteiger partial charge < -0.3 is 15.6 Å². The molecule has 4 heteroatoms. The number of ether oxygens (including phenoxy) is 1. The minimum absolute atomic E-state index is 0.327. The van der Waals surface area contributed by atoms with Crippen LogP contribution in [0.5, 0.6) is 5.75 Å². The van der Waals surface area contributed by atoms with Gasteiger partial charge in [-0.3, -0.25) is 4.90 Å². The van der Waals surface area contributed by atoms with Gasteiger partial charge in [0.1, 0.15) is 5.75 Å². The number of hydrogen-bond donors (Lipinski definition) is 2. The van der Waals surface area contributed by atoms with Gasteiger partial charge in [0.2, 0.25) is 0 Å². The molecular formula is C14H22N2O2. The molecule has 0 radical (unpaired) electrons. The zero-order chi connectivity index (χ0) is 12.8. The Bertz CT molecular complexity index is 345. The fourth-order valence-electron chi connectivity index (χ4n) is 2.33. The third-order valence-electron chi connectivity index (χ3n) is 3.35. The molecule has 1 aliphatic rings. The first-order valence-corrected chi connectivity index (χ1v) is 6.60. The van der Waals surface area contributed by atoms with Gasteiger partial charge in [0, 0.05) is 26.2 Å². The lowest BCUT2D eigenvalue weighted by Crippen LogP contribution is -2.37. The van der Waals surface area contributed by atoms with Crippen molar-refractivity contribution in [3.05, 3.63) is 29.8 Å². The Morgan fingerprint density at radius 1 is 1.22 bits per heavy atom. The van der Waals surface area contributed by atoms with Gasteiger partial charge in [-0.1, -0.05) is 12.1 Å². The van der Waals surface area contributed by atoms with Crippen LogP contribution in [-0.2, 0) is 11.3 Å². The van der Waals surface area contributed by atoms with Crippen LogP contribution in [0.2, 0.25) is 0 Å². The van der Waals surface area contributed by atoms with Crippen molar-refractivity contribution in [3.8, 4) is 5.75 Å². The number of aromatic hydroxyl groups is 1. The number of hydrogen-bond acceptors (Lipinski definition) is 4. The molecule has 1 fully saturated rings. The third-order valence-corrected chi connectivity index (χ3v) is 3.35. The molecule has 1 aliphatic heterocycles. The monoisotopic (exact) mass is 250 g/mol. The van der Waals surface area contributed by atoms with Crippen molar-refractivity contribution in [2.24, 2.45) is 5.73 Å². The first kappa shape index (κ1) is 13.3. The zero-order valence-electron chi connectivity index (χ0n) is 10.7. The van der Waals surface area contributed by atoms with Gasteiger partial charge in [0.15, 0.2) is 0 Å². The van der Waals surface area contributed by atoms with Crippen LogP contribution in [0.3, 0.4) is 0 Å². The molecule has 1 aromatic carbocycles. The number of benzene rings is 1. The van der Waals surface area contributed by atoms with E-state index in [1.807, 2.05) is 12.1 Å². The molecule has 100 valence electrons. The first-order chi connectivity index (χ1) is 8.78. The summed E-state index contributed by atoms with van der Waals surface area (Å²) in [7, 11) is 0. The second-order valence-corrected chi connectivity index (χ2v) is 4.80. The van der Waals surface area contributed by atoms with Crippen LogP contribution in [0.15, 0.2) is 24.3 Å². The molecule has 0 saturated carbocycles. The maximum atomic E-state index is 9.24. The van der Waals surface area contributed by atoms with E-state index in [0.717, 1.165) is 32.5 Å². The van der Waals surface area contributed by atoms with Gasteiger partial charge in [-0.25, -0.2) is 0 Å². The first-order valence-electron chi connectivity index (χ1n) is 6.60. The Balaban J connectivity index is 1.74. The van der Waals surface area contributed by atoms with E-state index in [1.54, 1.807) is 12.1 Å². The van der Waals surface area contributed by atoms with Crippen molar-refractivity contribution in [1.82, 2.24) is 4.90 Å². The fraction of sp³-hybridized carbons (Fsp3) is 0.571. The van der Waals surface area contributed by atoms with Crippen LogP contribution in [0.25, 0.3) is 0 Å². The summed E-state index contributed by atoms with van der Waals surface area (Å²) < 4.78 is 5.66. The second-order valence-electron chi connectivity index (χ2n) is 4.80. The number of phenolic OH excluding ortho intramolecular Hbond substituents is 1. The summed E-state index contributed by atoms with van der Waals surface area (Å²) in [6.45, 7) is 4.35. The normalized spacial score (nSPS) is 18.1. The summed E-state index contributed by atoms with van der Waals surface area (Å²) in [6, 6.07) is 7.44. The average molecular weight is 250 g/mol. The molecule has 0 bridgehead atoms. The van der Waals surface area contributed by atoms with Crippen molar-refractivity contribution in [3.63, 3.8) is 0 Å². The number of phenols is 1. The number of likely N-dealkylation sites (tertiary alicyclic amines) is 1. The van der Waals surface area contributed by atoms with E-state index < -0.39 is 0 Å². The van der Waals surface area contributed by atoms with Crippen molar-refractivity contribution < 1.29 is 9.84 Å². The lowest BCUT2D eigenvalue weighted by molar-refractivity contribution is 0.00979. The largest absolute Gasteiger partial charge is 0.508 e. The molecule has 1 aromatic rings. The van der Waals surface area contributed by atoms with E-state index in [9.17, 15) is 5.11 Å². The zero-order valence-corrected chi connectivity index (χ0v) is 10.7. The van der Waals surface area contributed by atoms with Crippen LogP contribution in [0.1, 0.15) is 18.4 Å². The van der Waals surface area contributed by atoms with Crippen LogP contribution in [-0.4, -0.2) is 42.4 Å². The third kappa shape index (κ3) is 3.98. The molecule has 3 N–H and O–H groups in total. The van der Waals surface area contributed by atoms with Crippen molar-refractivity contribution >= 4 is 0 Å². The van der Waals surface area contributed by atoms with Gasteiger partial charge in [-0.15, -0.1) is 0 Å². The predicted octanol–water partition coefficient (Wildman–Crippen LogP) is 1.33. The number of nitrogens with two attached hydrogens (primary N) is 1. The second kappa shape index (κ2) is 6.73. The summed E-state index contributed by atoms with van der Waals surface area (Å²) in [5.41, 5.74) is 6.68. The van der Waals surface area contributed by atoms with E-state index in [-0.39, 0.29) is 0 Å². The Hall–Kier alpha value is -1.10. The summed E-state index contributed by atoms with van der Waals surface area (Å²) in [4.78, 5) is 2.43. The van der Waals surface area contributed by atoms with E-state index in [4.69, 9.17) is 10.5 Å². The maximum absolute atomic E-state index is 9.24. The highest BCUT2D eigenvalue weighted by molar-refractivity contribution is 5.25. The number of rotatable bonds is 5. The standard InChI is InChI=1S/C14H22N2O2/c15-7-10-18-14-5-8-16(9-6-14)11-12-1-3-13(17)4-2-12/h1-4,14,17H,5-11,15H2. The minimum atomic E-state index is 0.327. The molecule has 0 unspecified atom stereocenters. The van der Waals surface area contributed by atoms with Crippen LogP contribution in [0, 0.1) is 0 Å². The topological polar surface area (TPSA) is 58.7 Å². The molecule has 4 nitrogen and oxygen atoms in total. The molecular weight excluding hydrogens is 228 g/mol. The van der Waals surface area contributed by atoms with E-state index in [1.165, 1.54) is 5.56 Å². The minimum Gasteiger partial charge on any atom is -0.508 e. The summed E-state index contributed by atoms with van der Waals surface area (Å²) in [5, 5.41) is 9.24. The molecule has 0 spiro atoms. The predicted molar refractivity (Wildman–Crippen MR) is 71.4 cm³/mol. The van der Waals surface area contributed by atoms with Gasteiger partial charge in [0.05, 0.1) is 12.7 Å². The van der Waals surface area contributed by atoms with Crippen LogP contribution >= 0.6 is 0 Å². The molecule has 0 aromatic heterocycles. The van der Waals surface area contributed by atoms with Crippen LogP contribution < -0.4 is 5.73 Å². The Morgan fingerprint density at radius 2 is 1.89 bits per heavy atom. The van der Waals surface area contributed by atoms with Crippen molar-refractivity contribution in [2.75, 3.05) is 26.2 Å². The molecule has 0 amide bonds. The van der Waals surface area contributed by atoms with Crippen molar-refractivity contribution in [2.45, 2.75) is 25.5 Å². The molecule has 0 atom stereocenters. The summed E-state index contributed by atoms with van der Waals surface area (Å²) >= 11 is 0. The molecule has 18 heavy (non-hydrogen) atoms. The molecule has 1 saturated heterocycles. The highest BCUT2D eigenvalue weighted by atomic mass is 16.5. The SMILES string of the molecule is NCCOC1CCN(Cc2ccc(O)cc2)CC1. The molecule has 0 aliphatic carbocycles. The summed E-state index contributed by atoms with van der Waals surface area (Å²) in [6.07, 6.45) is 2.54. The smallest absolute Gasteiger partial charge is 0.115 e. The average Bonchev–Trinajstić information content (AvgIpc) is 2.41. The highest BCUT2D eigenvalue weighted by Crippen LogP contribution is 2.17. The van der Waals surface area contributed by atoms with Gasteiger partial charge in [-0.05, 0) is 30.5 Å². The lowest BCUT2D eigenvalue weighted by Gasteiger charge is -2.31. The van der Waals surface area contributed by atoms with Crippen LogP contribution in [0.4, 0.5) is 0 Å². The van der Waals surface area contributed by atoms with Gasteiger partial charge in [-0.2, -0.15) is 0 Å². The lowest BCUT2D eigenvalue weighted by atomic mass is 10.1. The Kier molecular flexibility index (Phi) is 4.99. The quantitative estimate of drug-likeness (QED) is 0.828. The molecule has 1 heterocycles. The van der Waals surface area contributed by atoms with E-state index in [0.29, 0.717) is 25.0 Å². The molecule has 2 rings (SSSR count). The number of nitrogens with zero attached hydrogens (tertiary/aromatic N) is 1. The van der Waals surface area contributed by atoms with E-state index in [2.05, 4.69) is 4.90 Å². The summed E-state index contributed by atoms with van der Waals surface area (Å²) in [5.74, 6) is 0.327.